The van der Waals surface area contributed by atoms with E-state index >= 15 is 0 Å². The van der Waals surface area contributed by atoms with Crippen LogP contribution in [0, 0.1) is 11.6 Å². The van der Waals surface area contributed by atoms with Gasteiger partial charge in [-0.05, 0) is 34.7 Å². The molecule has 128 valence electrons. The zero-order valence-corrected chi connectivity index (χ0v) is 13.8. The van der Waals surface area contributed by atoms with Gasteiger partial charge in [-0.1, -0.05) is 26.8 Å². The van der Waals surface area contributed by atoms with Crippen molar-refractivity contribution < 1.29 is 18.7 Å². The lowest BCUT2D eigenvalue weighted by atomic mass is 9.87. The predicted molar refractivity (Wildman–Crippen MR) is 86.5 cm³/mol. The van der Waals surface area contributed by atoms with Crippen molar-refractivity contribution in [1.82, 2.24) is 10.3 Å². The Morgan fingerprint density at radius 1 is 1.25 bits per heavy atom. The Balaban J connectivity index is 2.21. The predicted octanol–water partition coefficient (Wildman–Crippen LogP) is 3.57. The Hall–Kier alpha value is -2.34. The number of aliphatic carboxylic acids is 1. The van der Waals surface area contributed by atoms with Crippen LogP contribution in [0.5, 0.6) is 0 Å². The second kappa shape index (κ2) is 7.05. The van der Waals surface area contributed by atoms with Crippen LogP contribution >= 0.6 is 0 Å². The number of nitrogens with zero attached hydrogens (tertiary/aromatic N) is 1. The van der Waals surface area contributed by atoms with Gasteiger partial charge in [-0.25, -0.2) is 8.78 Å². The van der Waals surface area contributed by atoms with Gasteiger partial charge in [0.1, 0.15) is 17.7 Å². The van der Waals surface area contributed by atoms with E-state index in [0.29, 0.717) is 0 Å². The summed E-state index contributed by atoms with van der Waals surface area (Å²) in [5.41, 5.74) is 1.45. The number of pyridine rings is 1. The van der Waals surface area contributed by atoms with Gasteiger partial charge in [-0.2, -0.15) is 0 Å². The lowest BCUT2D eigenvalue weighted by molar-refractivity contribution is -0.139. The molecule has 4 nitrogen and oxygen atoms in total. The number of carboxylic acid groups (broad SMARTS) is 1. The van der Waals surface area contributed by atoms with Crippen molar-refractivity contribution in [2.75, 3.05) is 0 Å². The zero-order chi connectivity index (χ0) is 17.9. The Morgan fingerprint density at radius 3 is 2.58 bits per heavy atom. The van der Waals surface area contributed by atoms with Crippen LogP contribution in [-0.4, -0.2) is 16.1 Å². The van der Waals surface area contributed by atoms with Crippen molar-refractivity contribution in [3.05, 3.63) is 65.0 Å². The molecule has 0 spiro atoms. The van der Waals surface area contributed by atoms with Gasteiger partial charge in [-0.15, -0.1) is 0 Å². The molecule has 1 aromatic carbocycles. The summed E-state index contributed by atoms with van der Waals surface area (Å²) < 4.78 is 27.2. The number of aromatic nitrogens is 1. The smallest absolute Gasteiger partial charge is 0.325 e. The van der Waals surface area contributed by atoms with Gasteiger partial charge in [0.15, 0.2) is 0 Å². The zero-order valence-electron chi connectivity index (χ0n) is 13.8. The van der Waals surface area contributed by atoms with Crippen LogP contribution in [0.1, 0.15) is 43.5 Å². The number of rotatable bonds is 5. The fourth-order valence-electron chi connectivity index (χ4n) is 2.28. The molecule has 0 radical (unpaired) electrons. The molecule has 2 N–H and O–H groups in total. The summed E-state index contributed by atoms with van der Waals surface area (Å²) in [6, 6.07) is 3.34. The third kappa shape index (κ3) is 4.35. The lowest BCUT2D eigenvalue weighted by Crippen LogP contribution is -2.29. The van der Waals surface area contributed by atoms with Gasteiger partial charge in [0, 0.05) is 24.5 Å². The second-order valence-electron chi connectivity index (χ2n) is 6.65. The first-order valence-electron chi connectivity index (χ1n) is 7.54. The maximum absolute atomic E-state index is 13.8. The molecule has 1 aromatic heterocycles. The Kier molecular flexibility index (Phi) is 5.29. The minimum absolute atomic E-state index is 0.0934. The monoisotopic (exact) mass is 334 g/mol. The van der Waals surface area contributed by atoms with Crippen LogP contribution in [0.2, 0.25) is 0 Å². The third-order valence-corrected chi connectivity index (χ3v) is 3.69. The van der Waals surface area contributed by atoms with Gasteiger partial charge >= 0.3 is 5.97 Å². The number of nitrogens with one attached hydrogen (secondary N) is 1. The molecule has 0 aliphatic rings. The number of benzene rings is 1. The van der Waals surface area contributed by atoms with Crippen molar-refractivity contribution in [2.45, 2.75) is 38.8 Å². The van der Waals surface area contributed by atoms with E-state index in [2.05, 4.69) is 10.3 Å². The highest BCUT2D eigenvalue weighted by Crippen LogP contribution is 2.23. The first-order chi connectivity index (χ1) is 11.2. The van der Waals surface area contributed by atoms with E-state index in [0.717, 1.165) is 29.3 Å². The number of carbonyl (C=O) groups is 1. The molecule has 1 unspecified atom stereocenters. The average Bonchev–Trinajstić information content (AvgIpc) is 2.50. The lowest BCUT2D eigenvalue weighted by Gasteiger charge is -2.20. The van der Waals surface area contributed by atoms with Crippen LogP contribution < -0.4 is 5.32 Å². The van der Waals surface area contributed by atoms with E-state index in [-0.39, 0.29) is 17.5 Å². The summed E-state index contributed by atoms with van der Waals surface area (Å²) in [5.74, 6) is -2.73. The standard InChI is InChI=1S/C18H20F2N2O2/c1-18(2,3)12-6-11(8-21-10-12)9-22-16(17(23)24)14-7-13(19)4-5-15(14)20/h4-8,10,16,22H,9H2,1-3H3,(H,23,24). The molecular weight excluding hydrogens is 314 g/mol. The second-order valence-corrected chi connectivity index (χ2v) is 6.65. The van der Waals surface area contributed by atoms with Crippen LogP contribution in [0.25, 0.3) is 0 Å². The van der Waals surface area contributed by atoms with Crippen molar-refractivity contribution >= 4 is 5.97 Å². The largest absolute Gasteiger partial charge is 0.480 e. The van der Waals surface area contributed by atoms with E-state index in [9.17, 15) is 18.7 Å². The first-order valence-corrected chi connectivity index (χ1v) is 7.54. The molecule has 0 fully saturated rings. The van der Waals surface area contributed by atoms with E-state index in [1.165, 1.54) is 0 Å². The molecule has 24 heavy (non-hydrogen) atoms. The number of carboxylic acids is 1. The summed E-state index contributed by atoms with van der Waals surface area (Å²) in [4.78, 5) is 15.6. The molecule has 6 heteroatoms. The number of hydrogen-bond acceptors (Lipinski definition) is 3. The van der Waals surface area contributed by atoms with E-state index < -0.39 is 23.6 Å². The van der Waals surface area contributed by atoms with E-state index in [1.54, 1.807) is 12.4 Å². The molecule has 0 saturated heterocycles. The third-order valence-electron chi connectivity index (χ3n) is 3.69. The number of hydrogen-bond donors (Lipinski definition) is 2. The van der Waals surface area contributed by atoms with Crippen molar-refractivity contribution in [2.24, 2.45) is 0 Å². The fourth-order valence-corrected chi connectivity index (χ4v) is 2.28. The van der Waals surface area contributed by atoms with E-state index in [4.69, 9.17) is 0 Å². The van der Waals surface area contributed by atoms with Crippen LogP contribution in [0.3, 0.4) is 0 Å². The van der Waals surface area contributed by atoms with Gasteiger partial charge in [0.05, 0.1) is 0 Å². The minimum Gasteiger partial charge on any atom is -0.480 e. The molecule has 2 rings (SSSR count). The summed E-state index contributed by atoms with van der Waals surface area (Å²) in [5, 5.41) is 12.1. The molecule has 1 heterocycles. The van der Waals surface area contributed by atoms with Crippen LogP contribution in [0.15, 0.2) is 36.7 Å². The fraction of sp³-hybridized carbons (Fsp3) is 0.333. The molecule has 0 aliphatic heterocycles. The highest BCUT2D eigenvalue weighted by molar-refractivity contribution is 5.75. The number of halogens is 2. The summed E-state index contributed by atoms with van der Waals surface area (Å²) in [6.45, 7) is 6.31. The maximum atomic E-state index is 13.8. The molecule has 0 saturated carbocycles. The first kappa shape index (κ1) is 18.0. The maximum Gasteiger partial charge on any atom is 0.325 e. The molecular formula is C18H20F2N2O2. The summed E-state index contributed by atoms with van der Waals surface area (Å²) in [7, 11) is 0. The Bertz CT molecular complexity index is 742. The molecule has 0 amide bonds. The van der Waals surface area contributed by atoms with E-state index in [1.807, 2.05) is 26.8 Å². The summed E-state index contributed by atoms with van der Waals surface area (Å²) >= 11 is 0. The summed E-state index contributed by atoms with van der Waals surface area (Å²) in [6.07, 6.45) is 3.37. The molecule has 0 bridgehead atoms. The SMILES string of the molecule is CC(C)(C)c1cncc(CNC(C(=O)O)c2cc(F)ccc2F)c1. The molecule has 2 aromatic rings. The Labute approximate surface area is 139 Å². The molecule has 1 atom stereocenters. The van der Waals surface area contributed by atoms with Gasteiger partial charge in [0.25, 0.3) is 0 Å². The minimum atomic E-state index is -1.35. The Morgan fingerprint density at radius 2 is 1.96 bits per heavy atom. The normalized spacial score (nSPS) is 12.9. The van der Waals surface area contributed by atoms with Gasteiger partial charge < -0.3 is 5.11 Å². The van der Waals surface area contributed by atoms with Gasteiger partial charge in [0.2, 0.25) is 0 Å². The van der Waals surface area contributed by atoms with Crippen molar-refractivity contribution in [3.63, 3.8) is 0 Å². The highest BCUT2D eigenvalue weighted by atomic mass is 19.1. The van der Waals surface area contributed by atoms with Crippen LogP contribution in [-0.2, 0) is 16.8 Å². The quantitative estimate of drug-likeness (QED) is 0.877. The van der Waals surface area contributed by atoms with Gasteiger partial charge in [-0.3, -0.25) is 15.1 Å². The molecule has 0 aliphatic carbocycles. The van der Waals surface area contributed by atoms with Crippen LogP contribution in [0.4, 0.5) is 8.78 Å². The van der Waals surface area contributed by atoms with Crippen molar-refractivity contribution in [1.29, 1.82) is 0 Å². The average molecular weight is 334 g/mol. The van der Waals surface area contributed by atoms with Crippen molar-refractivity contribution in [3.8, 4) is 0 Å². The topological polar surface area (TPSA) is 62.2 Å². The highest BCUT2D eigenvalue weighted by Gasteiger charge is 2.23.